The van der Waals surface area contributed by atoms with E-state index in [2.05, 4.69) is 12.8 Å². The Hall–Kier alpha value is -2.62. The summed E-state index contributed by atoms with van der Waals surface area (Å²) in [4.78, 5) is 27.6. The minimum atomic E-state index is -5.76. The van der Waals surface area contributed by atoms with Gasteiger partial charge in [0, 0.05) is 24.8 Å². The van der Waals surface area contributed by atoms with Crippen LogP contribution in [0.25, 0.3) is 0 Å². The Morgan fingerprint density at radius 1 is 0.778 bits per heavy atom. The standard InChI is InChI=1S/2C6H5NO2.2Cr.2H2O.5O/c2*8-6(9)5-2-1-3-7-4-5;;;;;;;;;/h2*1-4H,(H,8,9);;;2*1H2;;;;;/q;;2*+1;;;;;;;/p-2. The second kappa shape index (κ2) is 11.2. The second-order valence-corrected chi connectivity index (χ2v) is 7.78. The van der Waals surface area contributed by atoms with Crippen LogP contribution in [0.5, 0.6) is 0 Å². The van der Waals surface area contributed by atoms with E-state index in [9.17, 15) is 24.8 Å². The SMILES string of the molecule is O=C(O)c1cccnc1.O=C(O)c1cccnc1.[O]=[Cr](=[O])([OH])[O][Cr](=[O])(=[O])[OH]. The summed E-state index contributed by atoms with van der Waals surface area (Å²) in [5, 5.41) is 16.7. The third-order valence-electron chi connectivity index (χ3n) is 1.99. The molecule has 0 bridgehead atoms. The molecule has 0 aliphatic carbocycles. The molecule has 0 saturated carbocycles. The van der Waals surface area contributed by atoms with E-state index in [0.717, 1.165) is 0 Å². The van der Waals surface area contributed by atoms with Gasteiger partial charge in [-0.2, -0.15) is 0 Å². The van der Waals surface area contributed by atoms with Gasteiger partial charge in [-0.25, -0.2) is 9.59 Å². The molecule has 0 radical (unpaired) electrons. The van der Waals surface area contributed by atoms with E-state index in [1.165, 1.54) is 36.9 Å². The van der Waals surface area contributed by atoms with Gasteiger partial charge in [-0.1, -0.05) is 0 Å². The molecule has 0 aromatic carbocycles. The normalized spacial score (nSPS) is 10.4. The summed E-state index contributed by atoms with van der Waals surface area (Å²) in [5.74, 6) is -1.88. The Balaban J connectivity index is 0.000000376. The number of nitrogens with zero attached hydrogens (tertiary/aromatic N) is 2. The van der Waals surface area contributed by atoms with Crippen LogP contribution >= 0.6 is 0 Å². The molecule has 2 rings (SSSR count). The zero-order valence-electron chi connectivity index (χ0n) is 13.0. The van der Waals surface area contributed by atoms with Crippen LogP contribution in [0.4, 0.5) is 0 Å². The molecule has 4 N–H and O–H groups in total. The number of carbonyl (C=O) groups is 2. The van der Waals surface area contributed by atoms with Gasteiger partial charge in [0.25, 0.3) is 0 Å². The van der Waals surface area contributed by atoms with Crippen LogP contribution in [-0.4, -0.2) is 40.4 Å². The summed E-state index contributed by atoms with van der Waals surface area (Å²) in [7, 11) is 0. The quantitative estimate of drug-likeness (QED) is 0.465. The van der Waals surface area contributed by atoms with Gasteiger partial charge >= 0.3 is 65.5 Å². The van der Waals surface area contributed by atoms with E-state index in [-0.39, 0.29) is 11.1 Å². The molecular weight excluding hydrogens is 452 g/mol. The van der Waals surface area contributed by atoms with Crippen LogP contribution in [-0.2, 0) is 45.3 Å². The maximum absolute atomic E-state index is 10.2. The van der Waals surface area contributed by atoms with E-state index in [4.69, 9.17) is 18.5 Å². The maximum atomic E-state index is 10.2. The van der Waals surface area contributed by atoms with Crippen LogP contribution in [0.3, 0.4) is 0 Å². The number of rotatable bonds is 4. The molecule has 15 heteroatoms. The Morgan fingerprint density at radius 3 is 1.22 bits per heavy atom. The van der Waals surface area contributed by atoms with Crippen LogP contribution in [0, 0.1) is 0 Å². The molecule has 148 valence electrons. The first kappa shape index (κ1) is 24.4. The first-order chi connectivity index (χ1) is 12.3. The molecule has 0 amide bonds. The first-order valence-electron chi connectivity index (χ1n) is 6.24. The molecule has 2 heterocycles. The topological polar surface area (TPSA) is 218 Å². The van der Waals surface area contributed by atoms with E-state index < -0.39 is 39.2 Å². The molecule has 0 unspecified atom stereocenters. The molecule has 2 aromatic heterocycles. The third kappa shape index (κ3) is 14.3. The molecule has 13 nitrogen and oxygen atoms in total. The molecule has 0 atom stereocenters. The summed E-state index contributed by atoms with van der Waals surface area (Å²) < 4.78 is 56.3. The summed E-state index contributed by atoms with van der Waals surface area (Å²) >= 11 is -11.5. The van der Waals surface area contributed by atoms with Gasteiger partial charge in [0.1, 0.15) is 0 Å². The van der Waals surface area contributed by atoms with Crippen molar-refractivity contribution in [1.29, 1.82) is 0 Å². The predicted octanol–water partition coefficient (Wildman–Crippen LogP) is -0.103. The number of carboxylic acids is 2. The molecule has 27 heavy (non-hydrogen) atoms. The van der Waals surface area contributed by atoms with Crippen LogP contribution in [0.1, 0.15) is 20.7 Å². The van der Waals surface area contributed by atoms with Gasteiger partial charge in [-0.3, -0.25) is 9.97 Å². The van der Waals surface area contributed by atoms with E-state index in [1.54, 1.807) is 12.1 Å². The molecule has 0 aliphatic heterocycles. The summed E-state index contributed by atoms with van der Waals surface area (Å²) in [5.41, 5.74) is 0.440. The Kier molecular flexibility index (Phi) is 10.1. The van der Waals surface area contributed by atoms with Gasteiger partial charge in [0.15, 0.2) is 0 Å². The van der Waals surface area contributed by atoms with Crippen molar-refractivity contribution in [2.45, 2.75) is 0 Å². The van der Waals surface area contributed by atoms with Crippen LogP contribution < -0.4 is 0 Å². The average molecular weight is 464 g/mol. The molecule has 0 saturated heterocycles. The van der Waals surface area contributed by atoms with Crippen molar-refractivity contribution in [3.8, 4) is 0 Å². The van der Waals surface area contributed by atoms with Crippen molar-refractivity contribution in [2.75, 3.05) is 0 Å². The van der Waals surface area contributed by atoms with Gasteiger partial charge in [0.05, 0.1) is 11.1 Å². The van der Waals surface area contributed by atoms with Crippen molar-refractivity contribution >= 4 is 11.9 Å². The van der Waals surface area contributed by atoms with Crippen molar-refractivity contribution < 1.29 is 73.4 Å². The number of pyridine rings is 2. The van der Waals surface area contributed by atoms with Crippen molar-refractivity contribution in [3.05, 3.63) is 60.2 Å². The Morgan fingerprint density at radius 2 is 1.11 bits per heavy atom. The number of carboxylic acid groups (broad SMARTS) is 2. The molecule has 0 spiro atoms. The molecule has 0 fully saturated rings. The fraction of sp³-hybridized carbons (Fsp3) is 0. The van der Waals surface area contributed by atoms with Crippen molar-refractivity contribution in [3.63, 3.8) is 0 Å². The van der Waals surface area contributed by atoms with Crippen molar-refractivity contribution in [2.24, 2.45) is 0 Å². The monoisotopic (exact) mass is 464 g/mol. The van der Waals surface area contributed by atoms with Gasteiger partial charge < -0.3 is 10.2 Å². The Bertz CT molecular complexity index is 866. The summed E-state index contributed by atoms with van der Waals surface area (Å²) in [6.45, 7) is 0. The van der Waals surface area contributed by atoms with E-state index in [1.807, 2.05) is 0 Å². The number of aromatic carboxylic acids is 2. The second-order valence-electron chi connectivity index (χ2n) is 4.02. The minimum absolute atomic E-state index is 0.220. The number of hydrogen-bond donors (Lipinski definition) is 4. The molecular formula is C12H12Cr2N2O11. The van der Waals surface area contributed by atoms with Crippen LogP contribution in [0.2, 0.25) is 0 Å². The fourth-order valence-corrected chi connectivity index (χ4v) is 2.83. The first-order valence-corrected chi connectivity index (χ1v) is 10.5. The van der Waals surface area contributed by atoms with Crippen LogP contribution in [0.15, 0.2) is 49.1 Å². The van der Waals surface area contributed by atoms with Gasteiger partial charge in [-0.15, -0.1) is 0 Å². The zero-order valence-corrected chi connectivity index (χ0v) is 15.5. The predicted molar refractivity (Wildman–Crippen MR) is 70.7 cm³/mol. The van der Waals surface area contributed by atoms with Crippen molar-refractivity contribution in [1.82, 2.24) is 9.97 Å². The van der Waals surface area contributed by atoms with E-state index >= 15 is 0 Å². The summed E-state index contributed by atoms with van der Waals surface area (Å²) in [6, 6.07) is 6.16. The van der Waals surface area contributed by atoms with E-state index in [0.29, 0.717) is 0 Å². The summed E-state index contributed by atoms with van der Waals surface area (Å²) in [6.07, 6.45) is 5.68. The third-order valence-corrected chi connectivity index (χ3v) is 4.74. The average Bonchev–Trinajstić information content (AvgIpc) is 2.54. The van der Waals surface area contributed by atoms with Gasteiger partial charge in [-0.05, 0) is 24.3 Å². The number of hydrogen-bond acceptors (Lipinski definition) is 9. The Labute approximate surface area is 155 Å². The van der Waals surface area contributed by atoms with Gasteiger partial charge in [0.2, 0.25) is 0 Å². The number of aromatic nitrogens is 2. The molecule has 2 aromatic rings. The molecule has 0 aliphatic rings. The fourth-order valence-electron chi connectivity index (χ4n) is 1.09. The zero-order chi connectivity index (χ0) is 21.1.